The van der Waals surface area contributed by atoms with E-state index in [1.807, 2.05) is 59.5 Å². The van der Waals surface area contributed by atoms with Crippen LogP contribution in [0.2, 0.25) is 0 Å². The number of nitrogens with zero attached hydrogens (tertiary/aromatic N) is 2. The van der Waals surface area contributed by atoms with Crippen LogP contribution >= 0.6 is 11.8 Å². The van der Waals surface area contributed by atoms with Crippen LogP contribution in [0.5, 0.6) is 0 Å². The summed E-state index contributed by atoms with van der Waals surface area (Å²) in [5, 5.41) is 2.97. The largest absolute Gasteiger partial charge is 0.378 e. The SMILES string of the molecule is O=C(NCc1ccc(N2CCOCC2)cc1)c1ccc(C2SCC(=O)N2Cc2ccccc2)cc1. The minimum Gasteiger partial charge on any atom is -0.378 e. The molecule has 2 amide bonds. The van der Waals surface area contributed by atoms with E-state index in [1.165, 1.54) is 5.69 Å². The number of rotatable bonds is 7. The molecule has 1 N–H and O–H groups in total. The number of morpholine rings is 1. The van der Waals surface area contributed by atoms with Gasteiger partial charge in [0.1, 0.15) is 5.37 Å². The van der Waals surface area contributed by atoms with E-state index in [9.17, 15) is 9.59 Å². The van der Waals surface area contributed by atoms with Gasteiger partial charge >= 0.3 is 0 Å². The van der Waals surface area contributed by atoms with Gasteiger partial charge in [0, 0.05) is 37.4 Å². The van der Waals surface area contributed by atoms with E-state index in [-0.39, 0.29) is 17.2 Å². The predicted molar refractivity (Wildman–Crippen MR) is 139 cm³/mol. The van der Waals surface area contributed by atoms with Gasteiger partial charge in [0.2, 0.25) is 5.91 Å². The van der Waals surface area contributed by atoms with Crippen LogP contribution in [0.4, 0.5) is 5.69 Å². The zero-order valence-corrected chi connectivity index (χ0v) is 20.4. The van der Waals surface area contributed by atoms with Crippen molar-refractivity contribution in [2.45, 2.75) is 18.5 Å². The average Bonchev–Trinajstić information content (AvgIpc) is 3.28. The van der Waals surface area contributed by atoms with Crippen LogP contribution in [0, 0.1) is 0 Å². The monoisotopic (exact) mass is 487 g/mol. The van der Waals surface area contributed by atoms with Crippen LogP contribution in [-0.2, 0) is 22.6 Å². The second kappa shape index (κ2) is 11.0. The Morgan fingerprint density at radius 1 is 0.914 bits per heavy atom. The maximum absolute atomic E-state index is 12.7. The first-order valence-electron chi connectivity index (χ1n) is 11.9. The molecule has 180 valence electrons. The highest BCUT2D eigenvalue weighted by atomic mass is 32.2. The Balaban J connectivity index is 1.17. The molecule has 2 saturated heterocycles. The Morgan fingerprint density at radius 3 is 2.34 bits per heavy atom. The summed E-state index contributed by atoms with van der Waals surface area (Å²) in [6.07, 6.45) is 0. The van der Waals surface area contributed by atoms with Gasteiger partial charge in [-0.2, -0.15) is 0 Å². The number of anilines is 1. The molecule has 0 saturated carbocycles. The highest BCUT2D eigenvalue weighted by molar-refractivity contribution is 8.00. The van der Waals surface area contributed by atoms with Crippen LogP contribution in [-0.4, -0.2) is 48.8 Å². The molecule has 2 aliphatic heterocycles. The normalized spacial score (nSPS) is 18.1. The number of ether oxygens (including phenoxy) is 1. The third-order valence-corrected chi connectivity index (χ3v) is 7.64. The van der Waals surface area contributed by atoms with Crippen molar-refractivity contribution in [3.8, 4) is 0 Å². The van der Waals surface area contributed by atoms with Crippen LogP contribution in [0.1, 0.15) is 32.4 Å². The first kappa shape index (κ1) is 23.5. The Kier molecular flexibility index (Phi) is 7.35. The molecular formula is C28H29N3O3S. The Hall–Kier alpha value is -3.29. The van der Waals surface area contributed by atoms with Crippen molar-refractivity contribution < 1.29 is 14.3 Å². The van der Waals surface area contributed by atoms with Crippen molar-refractivity contribution in [2.75, 3.05) is 37.0 Å². The fourth-order valence-corrected chi connectivity index (χ4v) is 5.60. The van der Waals surface area contributed by atoms with Crippen molar-refractivity contribution >= 4 is 29.3 Å². The van der Waals surface area contributed by atoms with Gasteiger partial charge in [-0.25, -0.2) is 0 Å². The number of nitrogens with one attached hydrogen (secondary N) is 1. The molecule has 1 atom stereocenters. The third kappa shape index (κ3) is 5.69. The minimum absolute atomic E-state index is 0.0372. The molecule has 3 aromatic rings. The molecule has 0 spiro atoms. The Labute approximate surface area is 210 Å². The van der Waals surface area contributed by atoms with Crippen molar-refractivity contribution in [1.29, 1.82) is 0 Å². The van der Waals surface area contributed by atoms with Gasteiger partial charge in [0.25, 0.3) is 5.91 Å². The van der Waals surface area contributed by atoms with Gasteiger partial charge in [-0.05, 0) is 41.0 Å². The van der Waals surface area contributed by atoms with Crippen molar-refractivity contribution in [3.05, 3.63) is 101 Å². The molecule has 2 aliphatic rings. The summed E-state index contributed by atoms with van der Waals surface area (Å²) in [7, 11) is 0. The summed E-state index contributed by atoms with van der Waals surface area (Å²) in [5.41, 5.74) is 5.00. The summed E-state index contributed by atoms with van der Waals surface area (Å²) in [4.78, 5) is 29.4. The topological polar surface area (TPSA) is 61.9 Å². The van der Waals surface area contributed by atoms with Gasteiger partial charge < -0.3 is 19.9 Å². The fourth-order valence-electron chi connectivity index (χ4n) is 4.41. The second-order valence-corrected chi connectivity index (χ2v) is 9.81. The van der Waals surface area contributed by atoms with Gasteiger partial charge in [-0.1, -0.05) is 54.6 Å². The number of benzene rings is 3. The zero-order valence-electron chi connectivity index (χ0n) is 19.6. The van der Waals surface area contributed by atoms with E-state index >= 15 is 0 Å². The molecule has 0 aromatic heterocycles. The summed E-state index contributed by atoms with van der Waals surface area (Å²) >= 11 is 1.63. The van der Waals surface area contributed by atoms with Crippen LogP contribution in [0.15, 0.2) is 78.9 Å². The lowest BCUT2D eigenvalue weighted by molar-refractivity contribution is -0.128. The molecule has 0 aliphatic carbocycles. The van der Waals surface area contributed by atoms with Gasteiger partial charge in [-0.15, -0.1) is 11.8 Å². The van der Waals surface area contributed by atoms with Crippen molar-refractivity contribution in [2.24, 2.45) is 0 Å². The molecular weight excluding hydrogens is 458 g/mol. The van der Waals surface area contributed by atoms with Crippen LogP contribution in [0.25, 0.3) is 0 Å². The summed E-state index contributed by atoms with van der Waals surface area (Å²) in [5.74, 6) is 0.514. The van der Waals surface area contributed by atoms with Gasteiger partial charge in [0.05, 0.1) is 19.0 Å². The first-order chi connectivity index (χ1) is 17.2. The number of hydrogen-bond acceptors (Lipinski definition) is 5. The first-order valence-corrected chi connectivity index (χ1v) is 13.0. The molecule has 0 radical (unpaired) electrons. The predicted octanol–water partition coefficient (Wildman–Crippen LogP) is 4.23. The standard InChI is InChI=1S/C28H29N3O3S/c32-26-20-35-28(31(26)19-22-4-2-1-3-5-22)24-10-8-23(9-11-24)27(33)29-18-21-6-12-25(13-7-21)30-14-16-34-17-15-30/h1-13,28H,14-20H2,(H,29,33). The quantitative estimate of drug-likeness (QED) is 0.541. The maximum Gasteiger partial charge on any atom is 0.251 e. The number of carbonyl (C=O) groups excluding carboxylic acids is 2. The minimum atomic E-state index is -0.106. The van der Waals surface area contributed by atoms with Crippen LogP contribution < -0.4 is 10.2 Å². The van der Waals surface area contributed by atoms with E-state index in [1.54, 1.807) is 11.8 Å². The third-order valence-electron chi connectivity index (χ3n) is 6.39. The van der Waals surface area contributed by atoms with Crippen LogP contribution in [0.3, 0.4) is 0 Å². The lowest BCUT2D eigenvalue weighted by atomic mass is 10.1. The molecule has 1 unspecified atom stereocenters. The number of amides is 2. The Morgan fingerprint density at radius 2 is 1.63 bits per heavy atom. The Bertz CT molecular complexity index is 1150. The number of hydrogen-bond donors (Lipinski definition) is 1. The van der Waals surface area contributed by atoms with Gasteiger partial charge in [-0.3, -0.25) is 9.59 Å². The fraction of sp³-hybridized carbons (Fsp3) is 0.286. The summed E-state index contributed by atoms with van der Waals surface area (Å²) < 4.78 is 5.41. The lowest BCUT2D eigenvalue weighted by Gasteiger charge is -2.28. The van der Waals surface area contributed by atoms with Crippen molar-refractivity contribution in [3.63, 3.8) is 0 Å². The molecule has 2 fully saturated rings. The molecule has 35 heavy (non-hydrogen) atoms. The highest BCUT2D eigenvalue weighted by Crippen LogP contribution is 2.39. The van der Waals surface area contributed by atoms with Gasteiger partial charge in [0.15, 0.2) is 0 Å². The smallest absolute Gasteiger partial charge is 0.251 e. The summed E-state index contributed by atoms with van der Waals surface area (Å²) in [6.45, 7) is 4.40. The lowest BCUT2D eigenvalue weighted by Crippen LogP contribution is -2.36. The van der Waals surface area contributed by atoms with Crippen molar-refractivity contribution in [1.82, 2.24) is 10.2 Å². The molecule has 0 bridgehead atoms. The average molecular weight is 488 g/mol. The molecule has 6 nitrogen and oxygen atoms in total. The second-order valence-electron chi connectivity index (χ2n) is 8.74. The van der Waals surface area contributed by atoms with E-state index in [0.29, 0.717) is 24.4 Å². The van der Waals surface area contributed by atoms with E-state index < -0.39 is 0 Å². The molecule has 7 heteroatoms. The van der Waals surface area contributed by atoms with E-state index in [4.69, 9.17) is 4.74 Å². The molecule has 3 aromatic carbocycles. The number of thioether (sulfide) groups is 1. The highest BCUT2D eigenvalue weighted by Gasteiger charge is 2.32. The van der Waals surface area contributed by atoms with E-state index in [0.717, 1.165) is 43.0 Å². The molecule has 5 rings (SSSR count). The molecule has 2 heterocycles. The number of carbonyl (C=O) groups is 2. The van der Waals surface area contributed by atoms with E-state index in [2.05, 4.69) is 34.5 Å². The maximum atomic E-state index is 12.7. The summed E-state index contributed by atoms with van der Waals surface area (Å²) in [6, 6.07) is 26.0. The zero-order chi connectivity index (χ0) is 24.0.